The number of anilines is 2. The third-order valence-electron chi connectivity index (χ3n) is 7.08. The van der Waals surface area contributed by atoms with Crippen molar-refractivity contribution in [3.63, 3.8) is 0 Å². The zero-order valence-corrected chi connectivity index (χ0v) is 26.8. The molecular weight excluding hydrogens is 586 g/mol. The molecule has 9 heteroatoms. The predicted molar refractivity (Wildman–Crippen MR) is 181 cm³/mol. The Morgan fingerprint density at radius 2 is 1.56 bits per heavy atom. The Labute approximate surface area is 268 Å². The lowest BCUT2D eigenvalue weighted by atomic mass is 10.1. The van der Waals surface area contributed by atoms with E-state index in [2.05, 4.69) is 16.0 Å². The second-order valence-corrected chi connectivity index (χ2v) is 11.5. The van der Waals surface area contributed by atoms with Gasteiger partial charge in [0.25, 0.3) is 11.8 Å². The fraction of sp³-hybridized carbons (Fsp3) is 0.194. The highest BCUT2D eigenvalue weighted by Crippen LogP contribution is 2.30. The van der Waals surface area contributed by atoms with Gasteiger partial charge in [0.2, 0.25) is 5.91 Å². The SMILES string of the molecule is CCC(Sc1cccc(NC(=O)/C(=C\c2ccc(OC)cc2OC)NC(=O)c2ccccc2)c1)C(=O)Nc1ccc(C)c(C)c1. The zero-order chi connectivity index (χ0) is 32.3. The first kappa shape index (κ1) is 32.9. The second kappa shape index (κ2) is 15.6. The molecule has 232 valence electrons. The fourth-order valence-electron chi connectivity index (χ4n) is 4.41. The van der Waals surface area contributed by atoms with Gasteiger partial charge in [-0.1, -0.05) is 37.3 Å². The fourth-order valence-corrected chi connectivity index (χ4v) is 5.42. The van der Waals surface area contributed by atoms with E-state index in [0.29, 0.717) is 34.7 Å². The molecule has 0 aromatic heterocycles. The maximum Gasteiger partial charge on any atom is 0.272 e. The third-order valence-corrected chi connectivity index (χ3v) is 8.44. The Bertz CT molecular complexity index is 1700. The lowest BCUT2D eigenvalue weighted by Crippen LogP contribution is -2.30. The van der Waals surface area contributed by atoms with Crippen LogP contribution in [0.25, 0.3) is 6.08 Å². The molecule has 3 N–H and O–H groups in total. The van der Waals surface area contributed by atoms with Crippen molar-refractivity contribution >= 4 is 46.9 Å². The highest BCUT2D eigenvalue weighted by atomic mass is 32.2. The van der Waals surface area contributed by atoms with E-state index in [-0.39, 0.29) is 16.9 Å². The van der Waals surface area contributed by atoms with Crippen LogP contribution in [0.4, 0.5) is 11.4 Å². The van der Waals surface area contributed by atoms with E-state index in [9.17, 15) is 14.4 Å². The van der Waals surface area contributed by atoms with E-state index in [4.69, 9.17) is 9.47 Å². The second-order valence-electron chi connectivity index (χ2n) is 10.3. The summed E-state index contributed by atoms with van der Waals surface area (Å²) in [6.07, 6.45) is 2.16. The van der Waals surface area contributed by atoms with Gasteiger partial charge in [-0.15, -0.1) is 11.8 Å². The van der Waals surface area contributed by atoms with Gasteiger partial charge in [-0.05, 0) is 92.1 Å². The summed E-state index contributed by atoms with van der Waals surface area (Å²) < 4.78 is 10.8. The van der Waals surface area contributed by atoms with Crippen LogP contribution in [0.15, 0.2) is 102 Å². The minimum Gasteiger partial charge on any atom is -0.497 e. The molecule has 0 radical (unpaired) electrons. The van der Waals surface area contributed by atoms with Crippen LogP contribution < -0.4 is 25.4 Å². The van der Waals surface area contributed by atoms with E-state index < -0.39 is 11.8 Å². The molecule has 0 heterocycles. The van der Waals surface area contributed by atoms with Crippen molar-refractivity contribution < 1.29 is 23.9 Å². The number of nitrogens with one attached hydrogen (secondary N) is 3. The number of carbonyl (C=O) groups is 3. The first-order valence-corrected chi connectivity index (χ1v) is 15.3. The average Bonchev–Trinajstić information content (AvgIpc) is 3.05. The minimum absolute atomic E-state index is 0.0181. The highest BCUT2D eigenvalue weighted by molar-refractivity contribution is 8.00. The number of ether oxygens (including phenoxy) is 2. The minimum atomic E-state index is -0.529. The van der Waals surface area contributed by atoms with Crippen molar-refractivity contribution in [1.82, 2.24) is 5.32 Å². The van der Waals surface area contributed by atoms with E-state index in [1.54, 1.807) is 67.8 Å². The van der Waals surface area contributed by atoms with Crippen molar-refractivity contribution in [3.8, 4) is 11.5 Å². The van der Waals surface area contributed by atoms with E-state index in [0.717, 1.165) is 21.7 Å². The number of hydrogen-bond acceptors (Lipinski definition) is 6. The summed E-state index contributed by atoms with van der Waals surface area (Å²) in [6.45, 7) is 6.00. The Kier molecular flexibility index (Phi) is 11.4. The molecule has 45 heavy (non-hydrogen) atoms. The standard InChI is InChI=1S/C36H37N3O5S/c1-6-33(36(42)38-28-17-15-23(2)24(3)19-28)45-30-14-10-13-27(21-30)37-35(41)31(39-34(40)25-11-8-7-9-12-25)20-26-16-18-29(43-4)22-32(26)44-5/h7-22,33H,6H2,1-5H3,(H,37,41)(H,38,42)(H,39,40)/b31-20+. The third kappa shape index (κ3) is 9.00. The van der Waals surface area contributed by atoms with Crippen LogP contribution in [0.5, 0.6) is 11.5 Å². The number of hydrogen-bond donors (Lipinski definition) is 3. The molecular formula is C36H37N3O5S. The van der Waals surface area contributed by atoms with Gasteiger partial charge in [0, 0.05) is 33.5 Å². The summed E-state index contributed by atoms with van der Waals surface area (Å²) in [6, 6.07) is 26.9. The molecule has 1 atom stereocenters. The summed E-state index contributed by atoms with van der Waals surface area (Å²) in [7, 11) is 3.07. The molecule has 1 unspecified atom stereocenters. The molecule has 0 saturated carbocycles. The smallest absolute Gasteiger partial charge is 0.272 e. The molecule has 0 aliphatic carbocycles. The Morgan fingerprint density at radius 3 is 2.24 bits per heavy atom. The average molecular weight is 624 g/mol. The number of amides is 3. The van der Waals surface area contributed by atoms with E-state index in [1.165, 1.54) is 18.9 Å². The van der Waals surface area contributed by atoms with Crippen molar-refractivity contribution in [2.75, 3.05) is 24.9 Å². The van der Waals surface area contributed by atoms with Gasteiger partial charge in [-0.25, -0.2) is 0 Å². The molecule has 8 nitrogen and oxygen atoms in total. The van der Waals surface area contributed by atoms with Crippen molar-refractivity contribution in [3.05, 3.63) is 119 Å². The van der Waals surface area contributed by atoms with E-state index >= 15 is 0 Å². The summed E-state index contributed by atoms with van der Waals surface area (Å²) in [5.41, 5.74) is 4.53. The molecule has 3 amide bonds. The number of carbonyl (C=O) groups excluding carboxylic acids is 3. The molecule has 0 aliphatic heterocycles. The van der Waals surface area contributed by atoms with Crippen molar-refractivity contribution in [2.45, 2.75) is 37.3 Å². The molecule has 4 rings (SSSR count). The first-order chi connectivity index (χ1) is 21.7. The molecule has 4 aromatic carbocycles. The summed E-state index contributed by atoms with van der Waals surface area (Å²) >= 11 is 1.42. The van der Waals surface area contributed by atoms with Gasteiger partial charge < -0.3 is 25.4 Å². The lowest BCUT2D eigenvalue weighted by molar-refractivity contribution is -0.116. The van der Waals surface area contributed by atoms with Crippen LogP contribution in [-0.4, -0.2) is 37.2 Å². The number of aryl methyl sites for hydroxylation is 2. The van der Waals surface area contributed by atoms with Crippen LogP contribution in [0.1, 0.15) is 40.4 Å². The van der Waals surface area contributed by atoms with Crippen LogP contribution in [0.3, 0.4) is 0 Å². The van der Waals surface area contributed by atoms with Gasteiger partial charge in [-0.3, -0.25) is 14.4 Å². The Hall–Kier alpha value is -5.02. The normalized spacial score (nSPS) is 11.7. The Balaban J connectivity index is 1.54. The quantitative estimate of drug-likeness (QED) is 0.114. The topological polar surface area (TPSA) is 106 Å². The molecule has 4 aromatic rings. The van der Waals surface area contributed by atoms with Crippen molar-refractivity contribution in [2.24, 2.45) is 0 Å². The number of thioether (sulfide) groups is 1. The summed E-state index contributed by atoms with van der Waals surface area (Å²) in [4.78, 5) is 40.6. The predicted octanol–water partition coefficient (Wildman–Crippen LogP) is 7.24. The number of methoxy groups -OCH3 is 2. The molecule has 0 fully saturated rings. The van der Waals surface area contributed by atoms with Crippen LogP contribution >= 0.6 is 11.8 Å². The molecule has 0 spiro atoms. The molecule has 0 aliphatic rings. The summed E-state index contributed by atoms with van der Waals surface area (Å²) in [5, 5.41) is 8.31. The van der Waals surface area contributed by atoms with Gasteiger partial charge in [0.1, 0.15) is 17.2 Å². The first-order valence-electron chi connectivity index (χ1n) is 14.5. The molecule has 0 bridgehead atoms. The highest BCUT2D eigenvalue weighted by Gasteiger charge is 2.20. The monoisotopic (exact) mass is 623 g/mol. The maximum atomic E-state index is 13.6. The van der Waals surface area contributed by atoms with E-state index in [1.807, 2.05) is 57.2 Å². The number of rotatable bonds is 12. The maximum absolute atomic E-state index is 13.6. The van der Waals surface area contributed by atoms with Gasteiger partial charge in [-0.2, -0.15) is 0 Å². The Morgan fingerprint density at radius 1 is 0.800 bits per heavy atom. The zero-order valence-electron chi connectivity index (χ0n) is 26.0. The largest absolute Gasteiger partial charge is 0.497 e. The number of benzene rings is 4. The lowest BCUT2D eigenvalue weighted by Gasteiger charge is -2.16. The van der Waals surface area contributed by atoms with Gasteiger partial charge in [0.15, 0.2) is 0 Å². The van der Waals surface area contributed by atoms with Gasteiger partial charge in [0.05, 0.1) is 19.5 Å². The van der Waals surface area contributed by atoms with Crippen LogP contribution in [-0.2, 0) is 9.59 Å². The molecule has 0 saturated heterocycles. The van der Waals surface area contributed by atoms with Gasteiger partial charge >= 0.3 is 0 Å². The van der Waals surface area contributed by atoms with Crippen LogP contribution in [0, 0.1) is 13.8 Å². The summed E-state index contributed by atoms with van der Waals surface area (Å²) in [5.74, 6) is -0.00182. The van der Waals surface area contributed by atoms with Crippen molar-refractivity contribution in [1.29, 1.82) is 0 Å². The van der Waals surface area contributed by atoms with Crippen LogP contribution in [0.2, 0.25) is 0 Å².